The van der Waals surface area contributed by atoms with Gasteiger partial charge >= 0.3 is 0 Å². The minimum absolute atomic E-state index is 0.265. The molecule has 0 aromatic heterocycles. The summed E-state index contributed by atoms with van der Waals surface area (Å²) in [5.41, 5.74) is 9.70. The Morgan fingerprint density at radius 1 is 1.10 bits per heavy atom. The van der Waals surface area contributed by atoms with E-state index >= 15 is 0 Å². The maximum Gasteiger partial charge on any atom is 0.123 e. The van der Waals surface area contributed by atoms with Crippen molar-refractivity contribution >= 4 is 0 Å². The summed E-state index contributed by atoms with van der Waals surface area (Å²) in [7, 11) is 0. The zero-order chi connectivity index (χ0) is 15.4. The maximum absolute atomic E-state index is 13.4. The van der Waals surface area contributed by atoms with Gasteiger partial charge in [-0.05, 0) is 53.3 Å². The van der Waals surface area contributed by atoms with Gasteiger partial charge in [0.25, 0.3) is 0 Å². The van der Waals surface area contributed by atoms with Crippen molar-refractivity contribution < 1.29 is 9.13 Å². The number of hydrogen-bond acceptors (Lipinski definition) is 2. The molecule has 112 valence electrons. The molecule has 0 spiro atoms. The number of rotatable bonds is 5. The third kappa shape index (κ3) is 3.82. The van der Waals surface area contributed by atoms with Crippen LogP contribution in [0.15, 0.2) is 36.4 Å². The van der Waals surface area contributed by atoms with Gasteiger partial charge in [0.2, 0.25) is 0 Å². The van der Waals surface area contributed by atoms with Gasteiger partial charge in [0.1, 0.15) is 18.2 Å². The molecule has 0 atom stereocenters. The van der Waals surface area contributed by atoms with Crippen LogP contribution in [0.4, 0.5) is 4.39 Å². The fourth-order valence-corrected chi connectivity index (χ4v) is 2.21. The molecule has 0 saturated heterocycles. The van der Waals surface area contributed by atoms with Crippen LogP contribution in [0, 0.1) is 12.7 Å². The molecule has 0 radical (unpaired) electrons. The molecule has 3 heteroatoms. The van der Waals surface area contributed by atoms with Crippen molar-refractivity contribution in [2.45, 2.75) is 39.8 Å². The number of benzene rings is 2. The van der Waals surface area contributed by atoms with Crippen LogP contribution in [0.2, 0.25) is 0 Å². The first kappa shape index (κ1) is 15.5. The quantitative estimate of drug-likeness (QED) is 0.890. The molecule has 2 aromatic rings. The molecule has 0 amide bonds. The summed E-state index contributed by atoms with van der Waals surface area (Å²) in [4.78, 5) is 0. The average Bonchev–Trinajstić information content (AvgIpc) is 2.46. The van der Waals surface area contributed by atoms with Gasteiger partial charge in [0.05, 0.1) is 0 Å². The standard InChI is InChI=1S/C18H22FNO/c1-12(2)14-5-4-13(3)18(9-14)21-11-16-8-17(19)7-6-15(16)10-20/h4-9,12H,10-11,20H2,1-3H3. The maximum atomic E-state index is 13.4. The number of nitrogens with two attached hydrogens (primary N) is 1. The molecule has 0 heterocycles. The fraction of sp³-hybridized carbons (Fsp3) is 0.333. The van der Waals surface area contributed by atoms with Crippen LogP contribution in [-0.4, -0.2) is 0 Å². The number of ether oxygens (including phenoxy) is 1. The summed E-state index contributed by atoms with van der Waals surface area (Å²) in [6, 6.07) is 10.9. The molecular weight excluding hydrogens is 265 g/mol. The van der Waals surface area contributed by atoms with Crippen molar-refractivity contribution in [3.05, 3.63) is 64.5 Å². The molecule has 2 N–H and O–H groups in total. The summed E-state index contributed by atoms with van der Waals surface area (Å²) in [5, 5.41) is 0. The monoisotopic (exact) mass is 287 g/mol. The van der Waals surface area contributed by atoms with E-state index in [9.17, 15) is 4.39 Å². The molecular formula is C18H22FNO. The molecule has 0 aliphatic heterocycles. The van der Waals surface area contributed by atoms with Crippen molar-refractivity contribution in [3.8, 4) is 5.75 Å². The van der Waals surface area contributed by atoms with Crippen LogP contribution in [0.1, 0.15) is 42.0 Å². The zero-order valence-corrected chi connectivity index (χ0v) is 12.8. The SMILES string of the molecule is Cc1ccc(C(C)C)cc1OCc1cc(F)ccc1CN. The molecule has 0 unspecified atom stereocenters. The zero-order valence-electron chi connectivity index (χ0n) is 12.8. The first-order valence-electron chi connectivity index (χ1n) is 7.22. The van der Waals surface area contributed by atoms with Gasteiger partial charge in [0, 0.05) is 6.54 Å². The molecule has 0 bridgehead atoms. The summed E-state index contributed by atoms with van der Waals surface area (Å²) in [6.07, 6.45) is 0. The molecule has 21 heavy (non-hydrogen) atoms. The highest BCUT2D eigenvalue weighted by molar-refractivity contribution is 5.38. The van der Waals surface area contributed by atoms with Crippen LogP contribution < -0.4 is 10.5 Å². The lowest BCUT2D eigenvalue weighted by atomic mass is 10.0. The van der Waals surface area contributed by atoms with Crippen LogP contribution in [0.5, 0.6) is 5.75 Å². The highest BCUT2D eigenvalue weighted by atomic mass is 19.1. The number of aryl methyl sites for hydroxylation is 1. The van der Waals surface area contributed by atoms with E-state index in [1.807, 2.05) is 6.92 Å². The predicted octanol–water partition coefficient (Wildman–Crippen LogP) is 4.30. The van der Waals surface area contributed by atoms with E-state index in [1.54, 1.807) is 6.07 Å². The first-order chi connectivity index (χ1) is 10.0. The van der Waals surface area contributed by atoms with Crippen LogP contribution in [-0.2, 0) is 13.2 Å². The minimum atomic E-state index is -0.265. The Balaban J connectivity index is 2.20. The predicted molar refractivity (Wildman–Crippen MR) is 83.9 cm³/mol. The van der Waals surface area contributed by atoms with Crippen molar-refractivity contribution in [2.24, 2.45) is 5.73 Å². The first-order valence-corrected chi connectivity index (χ1v) is 7.22. The lowest BCUT2D eigenvalue weighted by Gasteiger charge is -2.14. The van der Waals surface area contributed by atoms with Gasteiger partial charge in [-0.25, -0.2) is 4.39 Å². The van der Waals surface area contributed by atoms with Crippen LogP contribution in [0.25, 0.3) is 0 Å². The normalized spacial score (nSPS) is 11.0. The average molecular weight is 287 g/mol. The molecule has 0 aliphatic carbocycles. The Bertz CT molecular complexity index is 623. The Morgan fingerprint density at radius 3 is 2.52 bits per heavy atom. The Morgan fingerprint density at radius 2 is 1.86 bits per heavy atom. The number of halogens is 1. The van der Waals surface area contributed by atoms with E-state index < -0.39 is 0 Å². The van der Waals surface area contributed by atoms with Crippen molar-refractivity contribution in [1.82, 2.24) is 0 Å². The van der Waals surface area contributed by atoms with Crippen molar-refractivity contribution in [3.63, 3.8) is 0 Å². The smallest absolute Gasteiger partial charge is 0.123 e. The summed E-state index contributed by atoms with van der Waals surface area (Å²) in [5.74, 6) is 1.02. The molecule has 0 fully saturated rings. The Hall–Kier alpha value is -1.87. The highest BCUT2D eigenvalue weighted by Gasteiger charge is 2.08. The van der Waals surface area contributed by atoms with Gasteiger partial charge in [0.15, 0.2) is 0 Å². The van der Waals surface area contributed by atoms with E-state index in [-0.39, 0.29) is 5.82 Å². The van der Waals surface area contributed by atoms with Gasteiger partial charge < -0.3 is 10.5 Å². The molecule has 0 saturated carbocycles. The van der Waals surface area contributed by atoms with E-state index in [1.165, 1.54) is 17.7 Å². The van der Waals surface area contributed by atoms with E-state index in [4.69, 9.17) is 10.5 Å². The molecule has 2 aromatic carbocycles. The second kappa shape index (κ2) is 6.72. The molecule has 0 aliphatic rings. The molecule has 2 nitrogen and oxygen atoms in total. The van der Waals surface area contributed by atoms with E-state index in [0.29, 0.717) is 19.1 Å². The Kier molecular flexibility index (Phi) is 4.97. The third-order valence-electron chi connectivity index (χ3n) is 3.65. The van der Waals surface area contributed by atoms with Gasteiger partial charge in [-0.1, -0.05) is 32.0 Å². The van der Waals surface area contributed by atoms with Crippen LogP contribution in [0.3, 0.4) is 0 Å². The van der Waals surface area contributed by atoms with E-state index in [2.05, 4.69) is 32.0 Å². The van der Waals surface area contributed by atoms with Crippen LogP contribution >= 0.6 is 0 Å². The topological polar surface area (TPSA) is 35.2 Å². The van der Waals surface area contributed by atoms with E-state index in [0.717, 1.165) is 22.4 Å². The van der Waals surface area contributed by atoms with Gasteiger partial charge in [-0.3, -0.25) is 0 Å². The summed E-state index contributed by atoms with van der Waals surface area (Å²) < 4.78 is 19.3. The third-order valence-corrected chi connectivity index (χ3v) is 3.65. The lowest BCUT2D eigenvalue weighted by Crippen LogP contribution is -2.06. The van der Waals surface area contributed by atoms with Crippen molar-refractivity contribution in [2.75, 3.05) is 0 Å². The Labute approximate surface area is 125 Å². The largest absolute Gasteiger partial charge is 0.489 e. The van der Waals surface area contributed by atoms with Crippen molar-refractivity contribution in [1.29, 1.82) is 0 Å². The second-order valence-electron chi connectivity index (χ2n) is 5.59. The molecule has 2 rings (SSSR count). The number of hydrogen-bond donors (Lipinski definition) is 1. The van der Waals surface area contributed by atoms with Gasteiger partial charge in [-0.15, -0.1) is 0 Å². The summed E-state index contributed by atoms with van der Waals surface area (Å²) >= 11 is 0. The lowest BCUT2D eigenvalue weighted by molar-refractivity contribution is 0.302. The second-order valence-corrected chi connectivity index (χ2v) is 5.59. The fourth-order valence-electron chi connectivity index (χ4n) is 2.21. The summed E-state index contributed by atoms with van der Waals surface area (Å²) in [6.45, 7) is 7.01. The van der Waals surface area contributed by atoms with Gasteiger partial charge in [-0.2, -0.15) is 0 Å². The highest BCUT2D eigenvalue weighted by Crippen LogP contribution is 2.25. The minimum Gasteiger partial charge on any atom is -0.489 e.